The number of rotatable bonds is 4. The summed E-state index contributed by atoms with van der Waals surface area (Å²) in [6.07, 6.45) is 3.24. The quantitative estimate of drug-likeness (QED) is 0.779. The normalized spacial score (nSPS) is 20.9. The number of carbonyl (C=O) groups excluding carboxylic acids is 1. The van der Waals surface area contributed by atoms with Gasteiger partial charge >= 0.3 is 0 Å². The van der Waals surface area contributed by atoms with E-state index in [2.05, 4.69) is 39.6 Å². The Hall–Kier alpha value is -0.560. The van der Waals surface area contributed by atoms with Gasteiger partial charge in [-0.2, -0.15) is 0 Å². The Morgan fingerprint density at radius 2 is 1.88 bits per heavy atom. The third kappa shape index (κ3) is 7.59. The van der Waals surface area contributed by atoms with E-state index in [1.807, 2.05) is 12.1 Å². The minimum Gasteiger partial charge on any atom is -0.325 e. The second-order valence-corrected chi connectivity index (χ2v) is 6.77. The highest BCUT2D eigenvalue weighted by Crippen LogP contribution is 2.15. The minimum atomic E-state index is -0.0370. The highest BCUT2D eigenvalue weighted by molar-refractivity contribution is 5.94. The van der Waals surface area contributed by atoms with E-state index >= 15 is 0 Å². The zero-order valence-electron chi connectivity index (χ0n) is 15.3. The van der Waals surface area contributed by atoms with Crippen LogP contribution in [0.5, 0.6) is 0 Å². The Bertz CT molecular complexity index is 533. The number of amides is 1. The van der Waals surface area contributed by atoms with Crippen molar-refractivity contribution in [3.8, 4) is 0 Å². The predicted octanol–water partition coefficient (Wildman–Crippen LogP) is 2.78. The van der Waals surface area contributed by atoms with E-state index in [1.165, 1.54) is 12.0 Å². The number of hydrogen-bond acceptors (Lipinski definition) is 4. The van der Waals surface area contributed by atoms with Gasteiger partial charge in [0.15, 0.2) is 0 Å². The molecule has 26 heavy (non-hydrogen) atoms. The molecular weight excluding hydrogens is 395 g/mol. The summed E-state index contributed by atoms with van der Waals surface area (Å²) in [5.41, 5.74) is 2.18. The molecule has 1 atom stereocenters. The first kappa shape index (κ1) is 25.4. The van der Waals surface area contributed by atoms with E-state index in [-0.39, 0.29) is 49.2 Å². The van der Waals surface area contributed by atoms with Gasteiger partial charge in [-0.05, 0) is 44.1 Å². The Balaban J connectivity index is 0.00000208. The van der Waals surface area contributed by atoms with Crippen LogP contribution in [0.25, 0.3) is 0 Å². The Morgan fingerprint density at radius 3 is 2.54 bits per heavy atom. The highest BCUT2D eigenvalue weighted by atomic mass is 35.5. The molecule has 150 valence electrons. The monoisotopic (exact) mass is 424 g/mol. The average Bonchev–Trinajstić information content (AvgIpc) is 2.58. The number of nitrogens with zero attached hydrogens (tertiary/aromatic N) is 2. The molecule has 1 aromatic carbocycles. The van der Waals surface area contributed by atoms with Crippen LogP contribution in [-0.2, 0) is 11.3 Å². The summed E-state index contributed by atoms with van der Waals surface area (Å²) >= 11 is 0. The van der Waals surface area contributed by atoms with Crippen LogP contribution in [-0.4, -0.2) is 61.5 Å². The molecule has 2 aliphatic rings. The van der Waals surface area contributed by atoms with Crippen LogP contribution in [0, 0.1) is 0 Å². The van der Waals surface area contributed by atoms with Crippen molar-refractivity contribution in [3.63, 3.8) is 0 Å². The Labute approximate surface area is 175 Å². The number of piperazine rings is 1. The molecule has 3 rings (SSSR count). The van der Waals surface area contributed by atoms with E-state index < -0.39 is 0 Å². The molecule has 0 unspecified atom stereocenters. The molecule has 0 aromatic heterocycles. The fourth-order valence-electron chi connectivity index (χ4n) is 3.32. The van der Waals surface area contributed by atoms with Gasteiger partial charge in [-0.3, -0.25) is 9.69 Å². The zero-order valence-corrected chi connectivity index (χ0v) is 17.7. The van der Waals surface area contributed by atoms with E-state index in [9.17, 15) is 4.79 Å². The molecule has 2 heterocycles. The molecule has 0 spiro atoms. The van der Waals surface area contributed by atoms with Crippen molar-refractivity contribution >= 4 is 48.8 Å². The maximum absolute atomic E-state index is 12.3. The predicted molar refractivity (Wildman–Crippen MR) is 115 cm³/mol. The number of nitrogens with one attached hydrogen (secondary N) is 2. The lowest BCUT2D eigenvalue weighted by Gasteiger charge is -2.32. The summed E-state index contributed by atoms with van der Waals surface area (Å²) in [5, 5.41) is 6.37. The van der Waals surface area contributed by atoms with Gasteiger partial charge in [-0.15, -0.1) is 37.2 Å². The van der Waals surface area contributed by atoms with Gasteiger partial charge in [-0.25, -0.2) is 0 Å². The molecular formula is C18H31Cl3N4O. The van der Waals surface area contributed by atoms with Crippen molar-refractivity contribution in [3.05, 3.63) is 29.8 Å². The molecule has 0 radical (unpaired) electrons. The maximum atomic E-state index is 12.3. The molecule has 2 fully saturated rings. The molecule has 0 aliphatic carbocycles. The third-order valence-electron chi connectivity index (χ3n) is 4.82. The Kier molecular flexibility index (Phi) is 12.5. The largest absolute Gasteiger partial charge is 0.325 e. The molecule has 2 aliphatic heterocycles. The van der Waals surface area contributed by atoms with E-state index in [1.54, 1.807) is 0 Å². The van der Waals surface area contributed by atoms with Crippen molar-refractivity contribution in [1.82, 2.24) is 15.1 Å². The number of likely N-dealkylation sites (N-methyl/N-ethyl adjacent to an activating group) is 1. The first-order chi connectivity index (χ1) is 11.2. The lowest BCUT2D eigenvalue weighted by molar-refractivity contribution is -0.118. The second kappa shape index (κ2) is 12.8. The lowest BCUT2D eigenvalue weighted by atomic mass is 10.0. The molecule has 1 aromatic rings. The lowest BCUT2D eigenvalue weighted by Crippen LogP contribution is -2.44. The second-order valence-electron chi connectivity index (χ2n) is 6.77. The number of hydrogen-bond donors (Lipinski definition) is 2. The summed E-state index contributed by atoms with van der Waals surface area (Å²) < 4.78 is 0. The van der Waals surface area contributed by atoms with Crippen molar-refractivity contribution < 1.29 is 4.79 Å². The summed E-state index contributed by atoms with van der Waals surface area (Å²) in [4.78, 5) is 17.2. The Morgan fingerprint density at radius 1 is 1.15 bits per heavy atom. The smallest absolute Gasteiger partial charge is 0.241 e. The molecule has 2 N–H and O–H groups in total. The number of benzene rings is 1. The van der Waals surface area contributed by atoms with Crippen LogP contribution in [0.3, 0.4) is 0 Å². The SMILES string of the molecule is CN1CCN(Cc2cccc(NC(=O)[C@H]3CCCCN3)c2)CC1.Cl.Cl.Cl. The molecule has 0 saturated carbocycles. The van der Waals surface area contributed by atoms with Crippen molar-refractivity contribution in [2.24, 2.45) is 0 Å². The molecule has 2 saturated heterocycles. The fourth-order valence-corrected chi connectivity index (χ4v) is 3.32. The van der Waals surface area contributed by atoms with Crippen LogP contribution in [0.1, 0.15) is 24.8 Å². The third-order valence-corrected chi connectivity index (χ3v) is 4.82. The van der Waals surface area contributed by atoms with Crippen molar-refractivity contribution in [2.75, 3.05) is 45.1 Å². The van der Waals surface area contributed by atoms with Crippen LogP contribution in [0.15, 0.2) is 24.3 Å². The summed E-state index contributed by atoms with van der Waals surface area (Å²) in [7, 11) is 2.17. The molecule has 8 heteroatoms. The van der Waals surface area contributed by atoms with Crippen LogP contribution in [0.2, 0.25) is 0 Å². The fraction of sp³-hybridized carbons (Fsp3) is 0.611. The van der Waals surface area contributed by atoms with Gasteiger partial charge in [-0.1, -0.05) is 18.6 Å². The average molecular weight is 426 g/mol. The van der Waals surface area contributed by atoms with E-state index in [0.29, 0.717) is 0 Å². The van der Waals surface area contributed by atoms with Crippen molar-refractivity contribution in [2.45, 2.75) is 31.8 Å². The number of piperidine rings is 1. The van der Waals surface area contributed by atoms with Gasteiger partial charge in [0.1, 0.15) is 0 Å². The molecule has 5 nitrogen and oxygen atoms in total. The first-order valence-corrected chi connectivity index (χ1v) is 8.75. The van der Waals surface area contributed by atoms with E-state index in [0.717, 1.165) is 57.8 Å². The number of halogens is 3. The van der Waals surface area contributed by atoms with Gasteiger partial charge in [0, 0.05) is 38.4 Å². The van der Waals surface area contributed by atoms with Gasteiger partial charge in [0.05, 0.1) is 6.04 Å². The summed E-state index contributed by atoms with van der Waals surface area (Å²) in [5.74, 6) is 0.0986. The minimum absolute atomic E-state index is 0. The number of carbonyl (C=O) groups is 1. The standard InChI is InChI=1S/C18H28N4O.3ClH/c1-21-9-11-22(12-10-21)14-15-5-4-6-16(13-15)20-18(23)17-7-2-3-8-19-17;;;/h4-6,13,17,19H,2-3,7-12,14H2,1H3,(H,20,23);3*1H/t17-;;;/m1.../s1. The van der Waals surface area contributed by atoms with Gasteiger partial charge in [0.25, 0.3) is 0 Å². The summed E-state index contributed by atoms with van der Waals surface area (Å²) in [6, 6.07) is 8.24. The highest BCUT2D eigenvalue weighted by Gasteiger charge is 2.20. The number of anilines is 1. The first-order valence-electron chi connectivity index (χ1n) is 8.75. The van der Waals surface area contributed by atoms with Gasteiger partial charge in [0.2, 0.25) is 5.91 Å². The summed E-state index contributed by atoms with van der Waals surface area (Å²) in [6.45, 7) is 6.38. The van der Waals surface area contributed by atoms with Crippen LogP contribution < -0.4 is 10.6 Å². The van der Waals surface area contributed by atoms with Crippen molar-refractivity contribution in [1.29, 1.82) is 0 Å². The molecule has 0 bridgehead atoms. The van der Waals surface area contributed by atoms with Crippen LogP contribution >= 0.6 is 37.2 Å². The topological polar surface area (TPSA) is 47.6 Å². The zero-order chi connectivity index (χ0) is 16.1. The molecule has 1 amide bonds. The van der Waals surface area contributed by atoms with Crippen LogP contribution in [0.4, 0.5) is 5.69 Å². The van der Waals surface area contributed by atoms with E-state index in [4.69, 9.17) is 0 Å². The van der Waals surface area contributed by atoms with Gasteiger partial charge < -0.3 is 15.5 Å². The maximum Gasteiger partial charge on any atom is 0.241 e.